The van der Waals surface area contributed by atoms with Crippen molar-refractivity contribution in [3.8, 4) is 0 Å². The van der Waals surface area contributed by atoms with Crippen molar-refractivity contribution in [3.05, 3.63) is 65.7 Å². The van der Waals surface area contributed by atoms with Crippen molar-refractivity contribution in [1.82, 2.24) is 5.32 Å². The molecule has 6 nitrogen and oxygen atoms in total. The van der Waals surface area contributed by atoms with Crippen LogP contribution in [0.4, 0.5) is 5.69 Å². The lowest BCUT2D eigenvalue weighted by Gasteiger charge is -2.23. The van der Waals surface area contributed by atoms with E-state index in [0.29, 0.717) is 17.8 Å². The number of benzene rings is 2. The predicted octanol–water partition coefficient (Wildman–Crippen LogP) is 2.75. The van der Waals surface area contributed by atoms with Crippen molar-refractivity contribution < 1.29 is 19.1 Å². The number of hydrogen-bond acceptors (Lipinski definition) is 4. The first kappa shape index (κ1) is 17.9. The maximum atomic E-state index is 12.8. The van der Waals surface area contributed by atoms with E-state index in [0.717, 1.165) is 18.4 Å². The Balaban J connectivity index is 1.20. The lowest BCUT2D eigenvalue weighted by molar-refractivity contribution is -0.145. The Labute approximate surface area is 168 Å². The maximum Gasteiger partial charge on any atom is 0.310 e. The van der Waals surface area contributed by atoms with Gasteiger partial charge in [-0.1, -0.05) is 30.3 Å². The fourth-order valence-electron chi connectivity index (χ4n) is 5.17. The van der Waals surface area contributed by atoms with Gasteiger partial charge in [0.05, 0.1) is 11.8 Å². The molecule has 2 bridgehead atoms. The molecular formula is C23H22N2O4. The van der Waals surface area contributed by atoms with Gasteiger partial charge in [-0.05, 0) is 48.6 Å². The number of ether oxygens (including phenoxy) is 1. The molecular weight excluding hydrogens is 368 g/mol. The van der Waals surface area contributed by atoms with Crippen LogP contribution in [-0.4, -0.2) is 23.9 Å². The van der Waals surface area contributed by atoms with Crippen LogP contribution < -0.4 is 10.6 Å². The highest BCUT2D eigenvalue weighted by atomic mass is 16.6. The Morgan fingerprint density at radius 2 is 1.76 bits per heavy atom. The van der Waals surface area contributed by atoms with E-state index in [9.17, 15) is 14.4 Å². The number of rotatable bonds is 5. The van der Waals surface area contributed by atoms with Gasteiger partial charge in [0.25, 0.3) is 5.91 Å². The lowest BCUT2D eigenvalue weighted by Crippen LogP contribution is -2.35. The molecule has 1 aliphatic heterocycles. The van der Waals surface area contributed by atoms with Crippen LogP contribution in [0.3, 0.4) is 0 Å². The third-order valence-electron chi connectivity index (χ3n) is 6.50. The molecule has 3 aliphatic rings. The third-order valence-corrected chi connectivity index (χ3v) is 6.50. The zero-order valence-electron chi connectivity index (χ0n) is 15.8. The molecule has 2 amide bonds. The van der Waals surface area contributed by atoms with Gasteiger partial charge >= 0.3 is 5.97 Å². The van der Waals surface area contributed by atoms with Gasteiger partial charge in [-0.2, -0.15) is 0 Å². The van der Waals surface area contributed by atoms with Crippen molar-refractivity contribution >= 4 is 23.5 Å². The summed E-state index contributed by atoms with van der Waals surface area (Å²) in [4.78, 5) is 37.2. The van der Waals surface area contributed by atoms with Gasteiger partial charge in [0.15, 0.2) is 0 Å². The van der Waals surface area contributed by atoms with Gasteiger partial charge in [0.1, 0.15) is 6.10 Å². The van der Waals surface area contributed by atoms with Gasteiger partial charge in [0, 0.05) is 23.7 Å². The summed E-state index contributed by atoms with van der Waals surface area (Å²) in [7, 11) is 0. The summed E-state index contributed by atoms with van der Waals surface area (Å²) in [5.41, 5.74) is 2.18. The van der Waals surface area contributed by atoms with Crippen molar-refractivity contribution in [2.24, 2.45) is 23.7 Å². The molecule has 2 aromatic carbocycles. The molecule has 3 fully saturated rings. The molecule has 1 heterocycles. The van der Waals surface area contributed by atoms with Crippen LogP contribution in [-0.2, 0) is 20.9 Å². The van der Waals surface area contributed by atoms with Crippen LogP contribution >= 0.6 is 0 Å². The fourth-order valence-corrected chi connectivity index (χ4v) is 5.17. The molecule has 148 valence electrons. The summed E-state index contributed by atoms with van der Waals surface area (Å²) in [6, 6.07) is 16.5. The van der Waals surface area contributed by atoms with Crippen molar-refractivity contribution in [1.29, 1.82) is 0 Å². The molecule has 0 spiro atoms. The van der Waals surface area contributed by atoms with Crippen LogP contribution in [0.5, 0.6) is 0 Å². The maximum absolute atomic E-state index is 12.8. The Hall–Kier alpha value is -3.15. The molecule has 0 aromatic heterocycles. The molecule has 2 saturated carbocycles. The monoisotopic (exact) mass is 390 g/mol. The first-order valence-electron chi connectivity index (χ1n) is 10.0. The third kappa shape index (κ3) is 3.18. The number of esters is 1. The van der Waals surface area contributed by atoms with E-state index >= 15 is 0 Å². The van der Waals surface area contributed by atoms with Gasteiger partial charge < -0.3 is 15.4 Å². The molecule has 2 aromatic rings. The summed E-state index contributed by atoms with van der Waals surface area (Å²) in [5, 5.41) is 5.80. The first-order chi connectivity index (χ1) is 14.1. The number of amides is 2. The molecule has 1 saturated heterocycles. The highest BCUT2D eigenvalue weighted by Gasteiger charge is 2.63. The van der Waals surface area contributed by atoms with Crippen LogP contribution in [0, 0.1) is 23.7 Å². The molecule has 6 heteroatoms. The average molecular weight is 390 g/mol. The summed E-state index contributed by atoms with van der Waals surface area (Å²) in [6.45, 7) is 0.459. The van der Waals surface area contributed by atoms with Crippen LogP contribution in [0.15, 0.2) is 54.6 Å². The van der Waals surface area contributed by atoms with Crippen molar-refractivity contribution in [3.63, 3.8) is 0 Å². The SMILES string of the molecule is O=C(NCc1ccccc1)c1ccc(NC(=O)[C@@H]2[C@@H]3C[C@@H]4[C@@H]2C(=O)O[C@@H]4C3)cc1. The second kappa shape index (κ2) is 7.03. The number of fused-ring (bicyclic) bond motifs is 1. The van der Waals surface area contributed by atoms with E-state index in [2.05, 4.69) is 10.6 Å². The van der Waals surface area contributed by atoms with Crippen LogP contribution in [0.2, 0.25) is 0 Å². The number of anilines is 1. The van der Waals surface area contributed by atoms with Gasteiger partial charge in [-0.25, -0.2) is 0 Å². The highest BCUT2D eigenvalue weighted by molar-refractivity contribution is 5.98. The van der Waals surface area contributed by atoms with Gasteiger partial charge in [0.2, 0.25) is 5.91 Å². The van der Waals surface area contributed by atoms with Crippen molar-refractivity contribution in [2.75, 3.05) is 5.32 Å². The standard InChI is InChI=1S/C23H22N2O4/c26-21(24-12-13-4-2-1-3-5-13)14-6-8-16(9-7-14)25-22(27)19-15-10-17-18(11-15)29-23(28)20(17)19/h1-9,15,17-20H,10-12H2,(H,24,26)(H,25,27)/t15-,17+,18-,19-,20+/m1/s1. The minimum atomic E-state index is -0.305. The molecule has 5 atom stereocenters. The zero-order chi connectivity index (χ0) is 20.0. The topological polar surface area (TPSA) is 84.5 Å². The Morgan fingerprint density at radius 1 is 1.00 bits per heavy atom. The van der Waals surface area contributed by atoms with E-state index in [1.165, 1.54) is 0 Å². The first-order valence-corrected chi connectivity index (χ1v) is 10.0. The summed E-state index contributed by atoms with van der Waals surface area (Å²) in [5.74, 6) is -0.670. The zero-order valence-corrected chi connectivity index (χ0v) is 15.8. The molecule has 0 radical (unpaired) electrons. The van der Waals surface area contributed by atoms with E-state index in [-0.39, 0.29) is 47.6 Å². The Kier molecular flexibility index (Phi) is 4.34. The molecule has 0 unspecified atom stereocenters. The number of nitrogens with one attached hydrogen (secondary N) is 2. The molecule has 2 aliphatic carbocycles. The second-order valence-corrected chi connectivity index (χ2v) is 8.16. The van der Waals surface area contributed by atoms with Crippen LogP contribution in [0.1, 0.15) is 28.8 Å². The minimum absolute atomic E-state index is 0.0234. The second-order valence-electron chi connectivity index (χ2n) is 8.16. The molecule has 29 heavy (non-hydrogen) atoms. The summed E-state index contributed by atoms with van der Waals surface area (Å²) >= 11 is 0. The van der Waals surface area contributed by atoms with Gasteiger partial charge in [-0.3, -0.25) is 14.4 Å². The number of hydrogen-bond donors (Lipinski definition) is 2. The van der Waals surface area contributed by atoms with E-state index in [1.54, 1.807) is 24.3 Å². The number of carbonyl (C=O) groups excluding carboxylic acids is 3. The number of carbonyl (C=O) groups is 3. The van der Waals surface area contributed by atoms with E-state index < -0.39 is 0 Å². The van der Waals surface area contributed by atoms with Crippen molar-refractivity contribution in [2.45, 2.75) is 25.5 Å². The highest BCUT2D eigenvalue weighted by Crippen LogP contribution is 2.57. The predicted molar refractivity (Wildman–Crippen MR) is 106 cm³/mol. The minimum Gasteiger partial charge on any atom is -0.462 e. The van der Waals surface area contributed by atoms with E-state index in [4.69, 9.17) is 4.74 Å². The smallest absolute Gasteiger partial charge is 0.310 e. The quantitative estimate of drug-likeness (QED) is 0.769. The Morgan fingerprint density at radius 3 is 2.52 bits per heavy atom. The summed E-state index contributed by atoms with van der Waals surface area (Å²) in [6.07, 6.45) is 1.72. The van der Waals surface area contributed by atoms with Crippen LogP contribution in [0.25, 0.3) is 0 Å². The average Bonchev–Trinajstić information content (AvgIpc) is 3.36. The summed E-state index contributed by atoms with van der Waals surface area (Å²) < 4.78 is 5.40. The molecule has 5 rings (SSSR count). The van der Waals surface area contributed by atoms with Gasteiger partial charge in [-0.15, -0.1) is 0 Å². The largest absolute Gasteiger partial charge is 0.462 e. The van der Waals surface area contributed by atoms with E-state index in [1.807, 2.05) is 30.3 Å². The lowest BCUT2D eigenvalue weighted by atomic mass is 9.79. The Bertz CT molecular complexity index is 955. The fraction of sp³-hybridized carbons (Fsp3) is 0.348. The normalized spacial score (nSPS) is 28.8. The molecule has 2 N–H and O–H groups in total.